The maximum Gasteiger partial charge on any atom is 0.231 e. The Kier molecular flexibility index (Phi) is 4.19. The Morgan fingerprint density at radius 2 is 1.89 bits per heavy atom. The Morgan fingerprint density at radius 1 is 1.03 bits per heavy atom. The summed E-state index contributed by atoms with van der Waals surface area (Å²) in [6, 6.07) is 16.6. The number of aromatic amines is 1. The number of imidazole rings is 1. The van der Waals surface area contributed by atoms with Crippen LogP contribution in [-0.4, -0.2) is 29.0 Å². The van der Waals surface area contributed by atoms with Crippen LogP contribution in [0.4, 0.5) is 0 Å². The van der Waals surface area contributed by atoms with Crippen molar-refractivity contribution in [1.29, 1.82) is 0 Å². The molecule has 4 aromatic carbocycles. The summed E-state index contributed by atoms with van der Waals surface area (Å²) >= 11 is 0. The van der Waals surface area contributed by atoms with Crippen molar-refractivity contribution in [3.8, 4) is 28.4 Å². The van der Waals surface area contributed by atoms with Crippen molar-refractivity contribution >= 4 is 43.5 Å². The number of aromatic nitrogens is 3. The third kappa shape index (κ3) is 2.82. The highest BCUT2D eigenvalue weighted by molar-refractivity contribution is 6.21. The number of nitrogens with zero attached hydrogens (tertiary/aromatic N) is 2. The first kappa shape index (κ1) is 20.1. The predicted molar refractivity (Wildman–Crippen MR) is 134 cm³/mol. The maximum absolute atomic E-state index is 9.91. The highest BCUT2D eigenvalue weighted by Crippen LogP contribution is 2.44. The van der Waals surface area contributed by atoms with Crippen LogP contribution in [0.3, 0.4) is 0 Å². The van der Waals surface area contributed by atoms with Gasteiger partial charge in [0.25, 0.3) is 0 Å². The van der Waals surface area contributed by atoms with E-state index in [1.807, 2.05) is 19.2 Å². The normalized spacial score (nSPS) is 12.9. The second kappa shape index (κ2) is 7.32. The van der Waals surface area contributed by atoms with Gasteiger partial charge in [-0.3, -0.25) is 0 Å². The van der Waals surface area contributed by atoms with E-state index in [1.165, 1.54) is 0 Å². The number of methoxy groups -OCH3 is 1. The first-order chi connectivity index (χ1) is 17.2. The molecule has 0 atom stereocenters. The number of rotatable bonds is 3. The van der Waals surface area contributed by atoms with E-state index in [0.29, 0.717) is 5.75 Å². The van der Waals surface area contributed by atoms with Crippen LogP contribution in [0.15, 0.2) is 61.1 Å². The lowest BCUT2D eigenvalue weighted by atomic mass is 9.91. The largest absolute Gasteiger partial charge is 0.495 e. The number of fused-ring (bicyclic) bond motifs is 7. The van der Waals surface area contributed by atoms with Crippen molar-refractivity contribution in [2.45, 2.75) is 6.61 Å². The van der Waals surface area contributed by atoms with Crippen LogP contribution in [-0.2, 0) is 13.7 Å². The van der Waals surface area contributed by atoms with Gasteiger partial charge in [-0.05, 0) is 46.8 Å². The van der Waals surface area contributed by atoms with E-state index in [2.05, 4.69) is 57.1 Å². The third-order valence-electron chi connectivity index (χ3n) is 6.93. The summed E-state index contributed by atoms with van der Waals surface area (Å²) in [6.45, 7) is 0.133. The molecule has 1 aliphatic rings. The molecule has 2 N–H and O–H groups in total. The zero-order valence-corrected chi connectivity index (χ0v) is 19.3. The van der Waals surface area contributed by atoms with Gasteiger partial charge in [0.1, 0.15) is 12.8 Å². The van der Waals surface area contributed by atoms with Crippen LogP contribution in [0, 0.1) is 0 Å². The molecule has 1 aliphatic heterocycles. The third-order valence-corrected chi connectivity index (χ3v) is 6.93. The molecule has 0 unspecified atom stereocenters. The second-order valence-corrected chi connectivity index (χ2v) is 8.83. The van der Waals surface area contributed by atoms with E-state index in [1.54, 1.807) is 13.4 Å². The zero-order chi connectivity index (χ0) is 23.7. The van der Waals surface area contributed by atoms with Gasteiger partial charge in [0.05, 0.1) is 47.2 Å². The van der Waals surface area contributed by atoms with Crippen molar-refractivity contribution in [2.24, 2.45) is 7.05 Å². The monoisotopic (exact) mass is 464 g/mol. The van der Waals surface area contributed by atoms with Gasteiger partial charge in [-0.25, -0.2) is 4.98 Å². The average molecular weight is 465 g/mol. The second-order valence-electron chi connectivity index (χ2n) is 8.83. The molecule has 7 nitrogen and oxygen atoms in total. The molecule has 6 aromatic rings. The topological polar surface area (TPSA) is 80.5 Å². The molecule has 0 radical (unpaired) electrons. The van der Waals surface area contributed by atoms with Gasteiger partial charge in [-0.1, -0.05) is 18.2 Å². The Labute approximate surface area is 200 Å². The molecule has 0 bridgehead atoms. The minimum absolute atomic E-state index is 0.0919. The van der Waals surface area contributed by atoms with Crippen LogP contribution < -0.4 is 18.8 Å². The minimum atomic E-state index is -0.0919. The fourth-order valence-electron chi connectivity index (χ4n) is 5.36. The van der Waals surface area contributed by atoms with E-state index in [4.69, 9.17) is 14.2 Å². The first-order valence-corrected chi connectivity index (χ1v) is 11.4. The molecule has 0 amide bonds. The molecule has 0 saturated carbocycles. The lowest BCUT2D eigenvalue weighted by Crippen LogP contribution is -2.29. The number of aryl methyl sites for hydroxylation is 1. The van der Waals surface area contributed by atoms with Crippen LogP contribution in [0.25, 0.3) is 54.6 Å². The average Bonchev–Trinajstić information content (AvgIpc) is 3.54. The number of pyridine rings is 1. The molecule has 7 rings (SSSR count). The molecule has 0 saturated heterocycles. The molecular formula is C28H22N3O4+. The fourth-order valence-corrected chi connectivity index (χ4v) is 5.36. The SMILES string of the molecule is COc1c(CO)ccc2c1c[n+](C)c1c3cc4c(cc3cc(-c3ccc5nc[nH]c5c3)c21)OCO4. The number of H-pyrrole nitrogens is 1. The Balaban J connectivity index is 1.70. The smallest absolute Gasteiger partial charge is 0.231 e. The van der Waals surface area contributed by atoms with E-state index >= 15 is 0 Å². The van der Waals surface area contributed by atoms with Crippen molar-refractivity contribution in [2.75, 3.05) is 13.9 Å². The van der Waals surface area contributed by atoms with Gasteiger partial charge in [-0.15, -0.1) is 0 Å². The molecule has 0 aliphatic carbocycles. The summed E-state index contributed by atoms with van der Waals surface area (Å²) in [5.74, 6) is 2.19. The number of aliphatic hydroxyl groups excluding tert-OH is 1. The van der Waals surface area contributed by atoms with Crippen LogP contribution >= 0.6 is 0 Å². The maximum atomic E-state index is 9.91. The molecule has 2 aromatic heterocycles. The standard InChI is InChI=1S/C28H21N3O4/c1-31-11-21-18(5-3-16(12-32)28(21)33-2)26-19(15-4-6-22-23(8-15)30-13-29-22)7-17-9-24-25(35-14-34-24)10-20(17)27(26)31/h3-11,13,32H,12,14H2,1-2H3/p+1. The van der Waals surface area contributed by atoms with E-state index in [-0.39, 0.29) is 13.4 Å². The van der Waals surface area contributed by atoms with Gasteiger partial charge >= 0.3 is 0 Å². The highest BCUT2D eigenvalue weighted by atomic mass is 16.7. The molecule has 35 heavy (non-hydrogen) atoms. The molecular weight excluding hydrogens is 442 g/mol. The van der Waals surface area contributed by atoms with Gasteiger partial charge < -0.3 is 24.3 Å². The summed E-state index contributed by atoms with van der Waals surface area (Å²) in [4.78, 5) is 7.61. The zero-order valence-electron chi connectivity index (χ0n) is 19.3. The van der Waals surface area contributed by atoms with Crippen molar-refractivity contribution in [3.05, 3.63) is 66.6 Å². The molecule has 0 spiro atoms. The number of nitrogens with one attached hydrogen (secondary N) is 1. The summed E-state index contributed by atoms with van der Waals surface area (Å²) in [6.07, 6.45) is 3.78. The quantitative estimate of drug-likeness (QED) is 0.292. The summed E-state index contributed by atoms with van der Waals surface area (Å²) in [5.41, 5.74) is 5.89. The van der Waals surface area contributed by atoms with Crippen molar-refractivity contribution in [1.82, 2.24) is 9.97 Å². The van der Waals surface area contributed by atoms with Gasteiger partial charge in [-0.2, -0.15) is 4.57 Å². The number of hydrogen-bond donors (Lipinski definition) is 2. The van der Waals surface area contributed by atoms with Crippen LogP contribution in [0.2, 0.25) is 0 Å². The molecule has 172 valence electrons. The van der Waals surface area contributed by atoms with E-state index in [0.717, 1.165) is 71.7 Å². The summed E-state index contributed by atoms with van der Waals surface area (Å²) in [5, 5.41) is 15.1. The Bertz CT molecular complexity index is 1820. The predicted octanol–water partition coefficient (Wildman–Crippen LogP) is 4.74. The molecule has 7 heteroatoms. The Hall–Kier alpha value is -4.36. The fraction of sp³-hybridized carbons (Fsp3) is 0.143. The molecule has 0 fully saturated rings. The van der Waals surface area contributed by atoms with E-state index in [9.17, 15) is 5.11 Å². The number of hydrogen-bond acceptors (Lipinski definition) is 5. The number of aliphatic hydroxyl groups is 1. The van der Waals surface area contributed by atoms with Gasteiger partial charge in [0.2, 0.25) is 12.3 Å². The van der Waals surface area contributed by atoms with E-state index < -0.39 is 0 Å². The van der Waals surface area contributed by atoms with Crippen LogP contribution in [0.1, 0.15) is 5.56 Å². The lowest BCUT2D eigenvalue weighted by molar-refractivity contribution is -0.642. The lowest BCUT2D eigenvalue weighted by Gasteiger charge is -2.15. The number of benzene rings is 4. The van der Waals surface area contributed by atoms with Gasteiger partial charge in [0, 0.05) is 10.9 Å². The van der Waals surface area contributed by atoms with Crippen molar-refractivity contribution in [3.63, 3.8) is 0 Å². The summed E-state index contributed by atoms with van der Waals surface area (Å²) in [7, 11) is 3.69. The summed E-state index contributed by atoms with van der Waals surface area (Å²) < 4.78 is 19.3. The highest BCUT2D eigenvalue weighted by Gasteiger charge is 2.25. The molecule has 3 heterocycles. The number of ether oxygens (including phenoxy) is 3. The van der Waals surface area contributed by atoms with Gasteiger partial charge in [0.15, 0.2) is 17.7 Å². The first-order valence-electron chi connectivity index (χ1n) is 11.4. The van der Waals surface area contributed by atoms with Crippen molar-refractivity contribution < 1.29 is 23.9 Å². The Morgan fingerprint density at radius 3 is 2.71 bits per heavy atom. The minimum Gasteiger partial charge on any atom is -0.495 e. The van der Waals surface area contributed by atoms with Crippen LogP contribution in [0.5, 0.6) is 17.2 Å².